The van der Waals surface area contributed by atoms with Crippen LogP contribution < -0.4 is 0 Å². The molecule has 0 radical (unpaired) electrons. The second-order valence-electron chi connectivity index (χ2n) is 5.16. The molecule has 23 heavy (non-hydrogen) atoms. The number of carbonyl (C=O) groups excluding carboxylic acids is 1. The van der Waals surface area contributed by atoms with Crippen molar-refractivity contribution in [2.75, 3.05) is 7.05 Å². The number of halogens is 1. The Morgan fingerprint density at radius 2 is 2.00 bits per heavy atom. The standard InChI is InChI=1S/C17H15ClN2O3/c1-11(14-9-10-22-19-14)20(2)17(21)16-8-7-15(23-16)12-5-3-4-6-13(12)18/h3-11H,1-2H3/t11-/m0/s1. The number of nitrogens with zero attached hydrogens (tertiary/aromatic N) is 2. The van der Waals surface area contributed by atoms with Gasteiger partial charge in [-0.25, -0.2) is 0 Å². The van der Waals surface area contributed by atoms with Gasteiger partial charge >= 0.3 is 0 Å². The first kappa shape index (κ1) is 15.4. The summed E-state index contributed by atoms with van der Waals surface area (Å²) in [5.74, 6) is 0.568. The Morgan fingerprint density at radius 1 is 1.22 bits per heavy atom. The topological polar surface area (TPSA) is 59.5 Å². The first-order valence-corrected chi connectivity index (χ1v) is 7.48. The van der Waals surface area contributed by atoms with Crippen LogP contribution in [-0.4, -0.2) is 23.0 Å². The Bertz CT molecular complexity index is 811. The highest BCUT2D eigenvalue weighted by molar-refractivity contribution is 6.33. The number of rotatable bonds is 4. The van der Waals surface area contributed by atoms with E-state index in [9.17, 15) is 4.79 Å². The van der Waals surface area contributed by atoms with Gasteiger partial charge in [-0.2, -0.15) is 0 Å². The van der Waals surface area contributed by atoms with Gasteiger partial charge in [0.25, 0.3) is 5.91 Å². The van der Waals surface area contributed by atoms with Crippen LogP contribution in [-0.2, 0) is 0 Å². The third-order valence-corrected chi connectivity index (χ3v) is 4.07. The first-order valence-electron chi connectivity index (χ1n) is 7.10. The number of carbonyl (C=O) groups is 1. The number of amides is 1. The van der Waals surface area contributed by atoms with E-state index in [2.05, 4.69) is 5.16 Å². The zero-order valence-corrected chi connectivity index (χ0v) is 13.4. The van der Waals surface area contributed by atoms with Crippen molar-refractivity contribution < 1.29 is 13.7 Å². The molecule has 5 nitrogen and oxygen atoms in total. The molecule has 2 aromatic heterocycles. The minimum atomic E-state index is -0.237. The van der Waals surface area contributed by atoms with Crippen molar-refractivity contribution in [2.24, 2.45) is 0 Å². The summed E-state index contributed by atoms with van der Waals surface area (Å²) in [6.07, 6.45) is 1.48. The van der Waals surface area contributed by atoms with Crippen molar-refractivity contribution in [1.29, 1.82) is 0 Å². The van der Waals surface area contributed by atoms with Crippen LogP contribution in [0.4, 0.5) is 0 Å². The SMILES string of the molecule is C[C@@H](c1ccon1)N(C)C(=O)c1ccc(-c2ccccc2Cl)o1. The smallest absolute Gasteiger partial charge is 0.289 e. The Labute approximate surface area is 138 Å². The zero-order valence-electron chi connectivity index (χ0n) is 12.7. The quantitative estimate of drug-likeness (QED) is 0.710. The predicted molar refractivity (Wildman–Crippen MR) is 86.2 cm³/mol. The minimum Gasteiger partial charge on any atom is -0.451 e. The lowest BCUT2D eigenvalue weighted by Gasteiger charge is -2.21. The summed E-state index contributed by atoms with van der Waals surface area (Å²) in [7, 11) is 1.69. The first-order chi connectivity index (χ1) is 11.1. The summed E-state index contributed by atoms with van der Waals surface area (Å²) in [5, 5.41) is 4.43. The molecule has 0 aliphatic carbocycles. The van der Waals surface area contributed by atoms with Gasteiger partial charge in [0, 0.05) is 18.7 Å². The lowest BCUT2D eigenvalue weighted by Crippen LogP contribution is -2.29. The summed E-state index contributed by atoms with van der Waals surface area (Å²) >= 11 is 6.15. The number of furan rings is 1. The van der Waals surface area contributed by atoms with Crippen LogP contribution >= 0.6 is 11.6 Å². The molecule has 1 atom stereocenters. The van der Waals surface area contributed by atoms with E-state index in [1.165, 1.54) is 6.26 Å². The van der Waals surface area contributed by atoms with Crippen molar-refractivity contribution in [3.8, 4) is 11.3 Å². The minimum absolute atomic E-state index is 0.227. The van der Waals surface area contributed by atoms with Gasteiger partial charge in [-0.15, -0.1) is 0 Å². The normalized spacial score (nSPS) is 12.1. The molecular formula is C17H15ClN2O3. The molecule has 2 heterocycles. The van der Waals surface area contributed by atoms with E-state index in [4.69, 9.17) is 20.5 Å². The van der Waals surface area contributed by atoms with E-state index in [0.29, 0.717) is 16.5 Å². The van der Waals surface area contributed by atoms with E-state index < -0.39 is 0 Å². The number of hydrogen-bond acceptors (Lipinski definition) is 4. The maximum absolute atomic E-state index is 12.6. The molecule has 0 fully saturated rings. The van der Waals surface area contributed by atoms with Gasteiger partial charge in [-0.1, -0.05) is 28.9 Å². The Balaban J connectivity index is 1.83. The van der Waals surface area contributed by atoms with Gasteiger partial charge in [-0.3, -0.25) is 4.79 Å². The molecular weight excluding hydrogens is 316 g/mol. The zero-order chi connectivity index (χ0) is 16.4. The fourth-order valence-corrected chi connectivity index (χ4v) is 2.47. The van der Waals surface area contributed by atoms with E-state index in [-0.39, 0.29) is 17.7 Å². The largest absolute Gasteiger partial charge is 0.451 e. The maximum atomic E-state index is 12.6. The lowest BCUT2D eigenvalue weighted by molar-refractivity contribution is 0.0706. The van der Waals surface area contributed by atoms with Crippen LogP contribution in [0, 0.1) is 0 Å². The molecule has 1 aromatic carbocycles. The van der Waals surface area contributed by atoms with Crippen LogP contribution in [0.1, 0.15) is 29.2 Å². The third-order valence-electron chi connectivity index (χ3n) is 3.74. The fraction of sp³-hybridized carbons (Fsp3) is 0.176. The lowest BCUT2D eigenvalue weighted by atomic mass is 10.2. The van der Waals surface area contributed by atoms with Crippen molar-refractivity contribution in [3.63, 3.8) is 0 Å². The molecule has 0 N–H and O–H groups in total. The third kappa shape index (κ3) is 3.00. The Kier molecular flexibility index (Phi) is 4.21. The Morgan fingerprint density at radius 3 is 2.70 bits per heavy atom. The molecule has 6 heteroatoms. The van der Waals surface area contributed by atoms with Gasteiger partial charge in [0.2, 0.25) is 0 Å². The second kappa shape index (κ2) is 6.30. The second-order valence-corrected chi connectivity index (χ2v) is 5.57. The van der Waals surface area contributed by atoms with Crippen LogP contribution in [0.5, 0.6) is 0 Å². The summed E-state index contributed by atoms with van der Waals surface area (Å²) < 4.78 is 10.5. The average molecular weight is 331 g/mol. The average Bonchev–Trinajstić information content (AvgIpc) is 3.24. The highest BCUT2D eigenvalue weighted by Gasteiger charge is 2.23. The molecule has 0 spiro atoms. The van der Waals surface area contributed by atoms with Crippen molar-refractivity contribution in [1.82, 2.24) is 10.1 Å². The molecule has 0 aliphatic heterocycles. The van der Waals surface area contributed by atoms with Gasteiger partial charge in [0.1, 0.15) is 17.7 Å². The van der Waals surface area contributed by atoms with Crippen molar-refractivity contribution >= 4 is 17.5 Å². The van der Waals surface area contributed by atoms with E-state index in [1.54, 1.807) is 36.2 Å². The van der Waals surface area contributed by atoms with E-state index >= 15 is 0 Å². The molecule has 0 saturated carbocycles. The monoisotopic (exact) mass is 330 g/mol. The molecule has 0 unspecified atom stereocenters. The van der Waals surface area contributed by atoms with Crippen LogP contribution in [0.2, 0.25) is 5.02 Å². The molecule has 0 aliphatic rings. The van der Waals surface area contributed by atoms with E-state index in [0.717, 1.165) is 5.56 Å². The predicted octanol–water partition coefficient (Wildman–Crippen LogP) is 4.42. The van der Waals surface area contributed by atoms with Gasteiger partial charge in [0.05, 0.1) is 11.1 Å². The van der Waals surface area contributed by atoms with Gasteiger partial charge in [0.15, 0.2) is 5.76 Å². The van der Waals surface area contributed by atoms with Gasteiger partial charge in [-0.05, 0) is 31.2 Å². The molecule has 118 valence electrons. The van der Waals surface area contributed by atoms with Crippen molar-refractivity contribution in [2.45, 2.75) is 13.0 Å². The maximum Gasteiger partial charge on any atom is 0.289 e. The molecule has 3 rings (SSSR count). The highest BCUT2D eigenvalue weighted by Crippen LogP contribution is 2.30. The van der Waals surface area contributed by atoms with Crippen LogP contribution in [0.25, 0.3) is 11.3 Å². The van der Waals surface area contributed by atoms with Gasteiger partial charge < -0.3 is 13.8 Å². The summed E-state index contributed by atoms with van der Waals surface area (Å²) in [6, 6.07) is 12.2. The highest BCUT2D eigenvalue weighted by atomic mass is 35.5. The summed E-state index contributed by atoms with van der Waals surface area (Å²) in [6.45, 7) is 1.87. The number of hydrogen-bond donors (Lipinski definition) is 0. The van der Waals surface area contributed by atoms with Crippen molar-refractivity contribution in [3.05, 3.63) is 65.2 Å². The number of aromatic nitrogens is 1. The molecule has 0 bridgehead atoms. The van der Waals surface area contributed by atoms with E-state index in [1.807, 2.05) is 25.1 Å². The van der Waals surface area contributed by atoms with Crippen LogP contribution in [0.15, 0.2) is 57.7 Å². The fourth-order valence-electron chi connectivity index (χ4n) is 2.24. The Hall–Kier alpha value is -2.53. The molecule has 3 aromatic rings. The summed E-state index contributed by atoms with van der Waals surface area (Å²) in [5.41, 5.74) is 1.43. The summed E-state index contributed by atoms with van der Waals surface area (Å²) in [4.78, 5) is 14.1. The van der Waals surface area contributed by atoms with Crippen LogP contribution in [0.3, 0.4) is 0 Å². The number of benzene rings is 1. The molecule has 1 amide bonds. The molecule has 0 saturated heterocycles.